The zero-order valence-corrected chi connectivity index (χ0v) is 23.7. The molecule has 7 heteroatoms. The van der Waals surface area contributed by atoms with Crippen LogP contribution in [-0.2, 0) is 13.0 Å². The lowest BCUT2D eigenvalue weighted by molar-refractivity contribution is 0.303. The molecule has 1 heterocycles. The van der Waals surface area contributed by atoms with Gasteiger partial charge >= 0.3 is 0 Å². The van der Waals surface area contributed by atoms with Gasteiger partial charge in [0, 0.05) is 23.8 Å². The Balaban J connectivity index is 1.91. The van der Waals surface area contributed by atoms with Crippen LogP contribution < -0.4 is 24.4 Å². The Bertz CT molecular complexity index is 1640. The molecule has 0 bridgehead atoms. The molecule has 0 atom stereocenters. The fourth-order valence-corrected chi connectivity index (χ4v) is 4.38. The minimum Gasteiger partial charge on any atom is -0.507 e. The van der Waals surface area contributed by atoms with Gasteiger partial charge < -0.3 is 28.5 Å². The summed E-state index contributed by atoms with van der Waals surface area (Å²) in [6.07, 6.45) is 5.98. The van der Waals surface area contributed by atoms with Crippen LogP contribution in [0.5, 0.6) is 28.7 Å². The maximum absolute atomic E-state index is 13.9. The number of phenolic OH excluding ortho intramolecular Hbond substituents is 1. The summed E-state index contributed by atoms with van der Waals surface area (Å²) >= 11 is 0. The molecule has 0 saturated heterocycles. The topological polar surface area (TPSA) is 87.4 Å². The summed E-state index contributed by atoms with van der Waals surface area (Å²) in [5, 5.41) is 11.0. The molecule has 0 spiro atoms. The molecule has 0 radical (unpaired) electrons. The van der Waals surface area contributed by atoms with Gasteiger partial charge in [-0.05, 0) is 44.4 Å². The van der Waals surface area contributed by atoms with Gasteiger partial charge in [0.15, 0.2) is 11.5 Å². The van der Waals surface area contributed by atoms with Crippen LogP contribution in [-0.4, -0.2) is 26.4 Å². The molecule has 40 heavy (non-hydrogen) atoms. The summed E-state index contributed by atoms with van der Waals surface area (Å²) in [4.78, 5) is 13.9. The standard InChI is InChI=1S/C33H34O7/c1-20(2)11-7-10-14-24-32(35)31-26(34)15-23(39-19-22-13-9-8-12-21(22)3)16-30(31)40-33(24)25-17-28(37-5)29(38-6)18-27(25)36-4/h7-13,15-18,34H,14,19H2,1-6H3/b10-7+. The van der Waals surface area contributed by atoms with Crippen molar-refractivity contribution in [2.24, 2.45) is 0 Å². The third kappa shape index (κ3) is 5.99. The molecular formula is C33H34O7. The molecule has 4 rings (SSSR count). The Hall–Kier alpha value is -4.65. The van der Waals surface area contributed by atoms with Crippen molar-refractivity contribution >= 4 is 11.0 Å². The molecule has 0 aliphatic carbocycles. The first kappa shape index (κ1) is 28.4. The van der Waals surface area contributed by atoms with Crippen molar-refractivity contribution in [3.63, 3.8) is 0 Å². The summed E-state index contributed by atoms with van der Waals surface area (Å²) in [6.45, 7) is 6.29. The second-order valence-corrected chi connectivity index (χ2v) is 9.55. The van der Waals surface area contributed by atoms with Gasteiger partial charge in [-0.25, -0.2) is 0 Å². The van der Waals surface area contributed by atoms with E-state index in [-0.39, 0.29) is 28.6 Å². The van der Waals surface area contributed by atoms with Crippen molar-refractivity contribution in [1.82, 2.24) is 0 Å². The van der Waals surface area contributed by atoms with Crippen LogP contribution in [0.2, 0.25) is 0 Å². The molecule has 0 aliphatic heterocycles. The van der Waals surface area contributed by atoms with E-state index in [1.165, 1.54) is 27.4 Å². The van der Waals surface area contributed by atoms with Crippen LogP contribution in [0.4, 0.5) is 0 Å². The van der Waals surface area contributed by atoms with Crippen LogP contribution in [0.1, 0.15) is 30.5 Å². The van der Waals surface area contributed by atoms with Crippen molar-refractivity contribution < 1.29 is 28.5 Å². The lowest BCUT2D eigenvalue weighted by Crippen LogP contribution is -2.11. The summed E-state index contributed by atoms with van der Waals surface area (Å²) in [5.74, 6) is 1.81. The number of aromatic hydroxyl groups is 1. The van der Waals surface area contributed by atoms with Gasteiger partial charge in [-0.1, -0.05) is 48.1 Å². The Morgan fingerprint density at radius 2 is 1.65 bits per heavy atom. The van der Waals surface area contributed by atoms with Crippen molar-refractivity contribution in [3.8, 4) is 40.1 Å². The summed E-state index contributed by atoms with van der Waals surface area (Å²) in [7, 11) is 4.60. The van der Waals surface area contributed by atoms with Crippen LogP contribution in [0.3, 0.4) is 0 Å². The number of rotatable bonds is 10. The molecule has 3 aromatic carbocycles. The first-order valence-electron chi connectivity index (χ1n) is 12.9. The quantitative estimate of drug-likeness (QED) is 0.213. The predicted molar refractivity (Wildman–Crippen MR) is 157 cm³/mol. The minimum absolute atomic E-state index is 0.0806. The number of allylic oxidation sites excluding steroid dienone is 4. The highest BCUT2D eigenvalue weighted by molar-refractivity contribution is 5.88. The van der Waals surface area contributed by atoms with Crippen molar-refractivity contribution in [2.75, 3.05) is 21.3 Å². The molecule has 0 amide bonds. The molecule has 0 aliphatic rings. The lowest BCUT2D eigenvalue weighted by atomic mass is 10.00. The number of fused-ring (bicyclic) bond motifs is 1. The van der Waals surface area contributed by atoms with Crippen LogP contribution in [0, 0.1) is 6.92 Å². The zero-order chi connectivity index (χ0) is 28.8. The monoisotopic (exact) mass is 542 g/mol. The highest BCUT2D eigenvalue weighted by Crippen LogP contribution is 2.42. The fraction of sp³-hybridized carbons (Fsp3) is 0.242. The number of ether oxygens (including phenoxy) is 4. The van der Waals surface area contributed by atoms with E-state index in [0.29, 0.717) is 46.5 Å². The van der Waals surface area contributed by atoms with Crippen molar-refractivity contribution in [1.29, 1.82) is 0 Å². The van der Waals surface area contributed by atoms with Gasteiger partial charge in [0.05, 0.1) is 26.9 Å². The molecule has 1 N–H and O–H groups in total. The molecular weight excluding hydrogens is 508 g/mol. The maximum atomic E-state index is 13.9. The molecule has 4 aromatic rings. The third-order valence-corrected chi connectivity index (χ3v) is 6.54. The van der Waals surface area contributed by atoms with Crippen LogP contribution in [0.25, 0.3) is 22.3 Å². The van der Waals surface area contributed by atoms with Gasteiger partial charge in [-0.3, -0.25) is 4.79 Å². The zero-order valence-electron chi connectivity index (χ0n) is 23.7. The Morgan fingerprint density at radius 1 is 0.950 bits per heavy atom. The smallest absolute Gasteiger partial charge is 0.200 e. The molecule has 0 saturated carbocycles. The van der Waals surface area contributed by atoms with E-state index in [9.17, 15) is 9.90 Å². The average Bonchev–Trinajstić information content (AvgIpc) is 2.94. The highest BCUT2D eigenvalue weighted by atomic mass is 16.5. The Morgan fingerprint density at radius 3 is 2.33 bits per heavy atom. The largest absolute Gasteiger partial charge is 0.507 e. The Kier molecular flexibility index (Phi) is 8.84. The number of aryl methyl sites for hydroxylation is 1. The predicted octanol–water partition coefficient (Wildman–Crippen LogP) is 7.14. The van der Waals surface area contributed by atoms with E-state index >= 15 is 0 Å². The molecule has 0 fully saturated rings. The van der Waals surface area contributed by atoms with Gasteiger partial charge in [0.2, 0.25) is 5.43 Å². The summed E-state index contributed by atoms with van der Waals surface area (Å²) < 4.78 is 29.0. The van der Waals surface area contributed by atoms with Crippen molar-refractivity contribution in [3.05, 3.63) is 99.2 Å². The fourth-order valence-electron chi connectivity index (χ4n) is 4.38. The van der Waals surface area contributed by atoms with Gasteiger partial charge in [-0.2, -0.15) is 0 Å². The van der Waals surface area contributed by atoms with E-state index in [4.69, 9.17) is 23.4 Å². The molecule has 208 valence electrons. The molecule has 7 nitrogen and oxygen atoms in total. The number of phenols is 1. The minimum atomic E-state index is -0.349. The first-order chi connectivity index (χ1) is 19.3. The van der Waals surface area contributed by atoms with E-state index in [1.807, 2.05) is 63.3 Å². The summed E-state index contributed by atoms with van der Waals surface area (Å²) in [5.41, 5.74) is 3.94. The van der Waals surface area contributed by atoms with Gasteiger partial charge in [-0.15, -0.1) is 0 Å². The molecule has 1 aromatic heterocycles. The maximum Gasteiger partial charge on any atom is 0.200 e. The van der Waals surface area contributed by atoms with Crippen LogP contribution >= 0.6 is 0 Å². The van der Waals surface area contributed by atoms with Gasteiger partial charge in [0.1, 0.15) is 40.6 Å². The van der Waals surface area contributed by atoms with Crippen LogP contribution in [0.15, 0.2) is 81.5 Å². The second-order valence-electron chi connectivity index (χ2n) is 9.55. The van der Waals surface area contributed by atoms with E-state index in [0.717, 1.165) is 16.7 Å². The number of methoxy groups -OCH3 is 3. The number of hydrogen-bond donors (Lipinski definition) is 1. The first-order valence-corrected chi connectivity index (χ1v) is 12.9. The highest BCUT2D eigenvalue weighted by Gasteiger charge is 2.23. The van der Waals surface area contributed by atoms with E-state index in [2.05, 4.69) is 0 Å². The third-order valence-electron chi connectivity index (χ3n) is 6.54. The Labute approximate surface area is 233 Å². The lowest BCUT2D eigenvalue weighted by Gasteiger charge is -2.16. The van der Waals surface area contributed by atoms with E-state index < -0.39 is 0 Å². The van der Waals surface area contributed by atoms with Gasteiger partial charge in [0.25, 0.3) is 0 Å². The SMILES string of the molecule is COc1cc(OC)c(-c2oc3cc(OCc4ccccc4C)cc(O)c3c(=O)c2C/C=C/C=C(C)C)cc1OC. The average molecular weight is 543 g/mol. The summed E-state index contributed by atoms with van der Waals surface area (Å²) in [6, 6.07) is 14.3. The molecule has 0 unspecified atom stereocenters. The number of hydrogen-bond acceptors (Lipinski definition) is 7. The second kappa shape index (κ2) is 12.5. The van der Waals surface area contributed by atoms with E-state index in [1.54, 1.807) is 18.2 Å². The number of benzene rings is 3. The normalized spacial score (nSPS) is 11.1. The van der Waals surface area contributed by atoms with Crippen molar-refractivity contribution in [2.45, 2.75) is 33.8 Å².